The van der Waals surface area contributed by atoms with E-state index in [9.17, 15) is 0 Å². The molecule has 0 unspecified atom stereocenters. The second kappa shape index (κ2) is 4.62. The summed E-state index contributed by atoms with van der Waals surface area (Å²) in [5, 5.41) is 19.7. The van der Waals surface area contributed by atoms with Crippen LogP contribution in [0.5, 0.6) is 0 Å². The Hall–Kier alpha value is 0.840. The largest absolute Gasteiger partial charge is 0.395 e. The van der Waals surface area contributed by atoms with Crippen LogP contribution in [0.4, 0.5) is 0 Å². The maximum absolute atomic E-state index is 8.58. The minimum Gasteiger partial charge on any atom is -0.395 e. The third-order valence-corrected chi connectivity index (χ3v) is 1.76. The average Bonchev–Trinajstić information content (AvgIpc) is 1.84. The number of rotatable bonds is 4. The summed E-state index contributed by atoms with van der Waals surface area (Å²) in [5.74, 6) is 0. The first-order chi connectivity index (χ1) is 4.12. The zero-order valence-electron chi connectivity index (χ0n) is 4.77. The smallest absolute Gasteiger partial charge is 0.153 e. The molecule has 0 amide bonds. The van der Waals surface area contributed by atoms with Crippen LogP contribution >= 0.6 is 31.9 Å². The van der Waals surface area contributed by atoms with E-state index in [1.54, 1.807) is 0 Å². The molecular weight excluding hydrogens is 254 g/mol. The Morgan fingerprint density at radius 1 is 1.33 bits per heavy atom. The Kier molecular flexibility index (Phi) is 5.06. The van der Waals surface area contributed by atoms with Crippen LogP contribution in [0, 0.1) is 0 Å². The molecule has 0 heterocycles. The molecule has 3 N–H and O–H groups in total. The molecule has 56 valence electrons. The van der Waals surface area contributed by atoms with E-state index in [0.29, 0.717) is 6.54 Å². The highest BCUT2D eigenvalue weighted by atomic mass is 79.9. The SMILES string of the molecule is OCCNC(Br)(Br)CO. The molecule has 5 heteroatoms. The van der Waals surface area contributed by atoms with Crippen molar-refractivity contribution in [3.63, 3.8) is 0 Å². The third-order valence-electron chi connectivity index (χ3n) is 0.694. The van der Waals surface area contributed by atoms with Gasteiger partial charge in [-0.25, -0.2) is 0 Å². The summed E-state index contributed by atoms with van der Waals surface area (Å²) in [7, 11) is 0. The Labute approximate surface area is 70.7 Å². The molecule has 0 radical (unpaired) electrons. The summed E-state index contributed by atoms with van der Waals surface area (Å²) in [6, 6.07) is 0. The van der Waals surface area contributed by atoms with Crippen LogP contribution in [0.15, 0.2) is 0 Å². The van der Waals surface area contributed by atoms with Gasteiger partial charge in [0.2, 0.25) is 0 Å². The van der Waals surface area contributed by atoms with Crippen LogP contribution in [-0.4, -0.2) is 33.3 Å². The summed E-state index contributed by atoms with van der Waals surface area (Å²) in [4.78, 5) is 0. The minimum atomic E-state index is -0.636. The van der Waals surface area contributed by atoms with E-state index in [1.807, 2.05) is 0 Å². The van der Waals surface area contributed by atoms with Crippen molar-refractivity contribution in [1.29, 1.82) is 0 Å². The Balaban J connectivity index is 3.33. The predicted molar refractivity (Wildman–Crippen MR) is 42.8 cm³/mol. The summed E-state index contributed by atoms with van der Waals surface area (Å²) in [5.41, 5.74) is 0. The van der Waals surface area contributed by atoms with Crippen LogP contribution in [0.25, 0.3) is 0 Å². The van der Waals surface area contributed by atoms with Gasteiger partial charge in [-0.2, -0.15) is 0 Å². The molecule has 9 heavy (non-hydrogen) atoms. The van der Waals surface area contributed by atoms with Crippen molar-refractivity contribution in [3.8, 4) is 0 Å². The molecule has 0 atom stereocenters. The normalized spacial score (nSPS) is 12.0. The highest BCUT2D eigenvalue weighted by Gasteiger charge is 2.18. The topological polar surface area (TPSA) is 52.5 Å². The lowest BCUT2D eigenvalue weighted by atomic mass is 10.6. The molecule has 0 saturated carbocycles. The van der Waals surface area contributed by atoms with Crippen molar-refractivity contribution in [2.45, 2.75) is 3.36 Å². The van der Waals surface area contributed by atoms with Crippen LogP contribution < -0.4 is 5.32 Å². The van der Waals surface area contributed by atoms with Gasteiger partial charge in [0.1, 0.15) is 0 Å². The number of hydrogen-bond donors (Lipinski definition) is 3. The van der Waals surface area contributed by atoms with Gasteiger partial charge in [-0.3, -0.25) is 5.32 Å². The van der Waals surface area contributed by atoms with Gasteiger partial charge in [0.05, 0.1) is 13.2 Å². The van der Waals surface area contributed by atoms with E-state index in [2.05, 4.69) is 37.2 Å². The highest BCUT2D eigenvalue weighted by Crippen LogP contribution is 2.20. The number of hydrogen-bond acceptors (Lipinski definition) is 3. The maximum atomic E-state index is 8.58. The lowest BCUT2D eigenvalue weighted by molar-refractivity contribution is 0.251. The van der Waals surface area contributed by atoms with Crippen molar-refractivity contribution in [1.82, 2.24) is 5.32 Å². The van der Waals surface area contributed by atoms with Crippen molar-refractivity contribution in [3.05, 3.63) is 0 Å². The van der Waals surface area contributed by atoms with Gasteiger partial charge in [-0.05, 0) is 0 Å². The zero-order valence-corrected chi connectivity index (χ0v) is 7.94. The molecule has 0 aromatic rings. The first kappa shape index (κ1) is 9.84. The third kappa shape index (κ3) is 5.29. The van der Waals surface area contributed by atoms with Gasteiger partial charge in [0.15, 0.2) is 3.36 Å². The van der Waals surface area contributed by atoms with Crippen LogP contribution in [0.1, 0.15) is 0 Å². The molecular formula is C4H9Br2NO2. The van der Waals surface area contributed by atoms with Crippen molar-refractivity contribution < 1.29 is 10.2 Å². The van der Waals surface area contributed by atoms with Crippen molar-refractivity contribution in [2.75, 3.05) is 19.8 Å². The molecule has 0 fully saturated rings. The van der Waals surface area contributed by atoms with Gasteiger partial charge in [-0.15, -0.1) is 0 Å². The molecule has 0 spiro atoms. The number of nitrogens with one attached hydrogen (secondary N) is 1. The number of aliphatic hydroxyl groups is 2. The second-order valence-electron chi connectivity index (χ2n) is 1.51. The van der Waals surface area contributed by atoms with Gasteiger partial charge < -0.3 is 10.2 Å². The quantitative estimate of drug-likeness (QED) is 0.494. The number of halogens is 2. The molecule has 0 aromatic heterocycles. The highest BCUT2D eigenvalue weighted by molar-refractivity contribution is 9.25. The van der Waals surface area contributed by atoms with Crippen molar-refractivity contribution >= 4 is 31.9 Å². The second-order valence-corrected chi connectivity index (χ2v) is 5.28. The molecule has 3 nitrogen and oxygen atoms in total. The first-order valence-electron chi connectivity index (χ1n) is 2.47. The van der Waals surface area contributed by atoms with Crippen LogP contribution in [0.3, 0.4) is 0 Å². The van der Waals surface area contributed by atoms with Crippen molar-refractivity contribution in [2.24, 2.45) is 0 Å². The number of aliphatic hydroxyl groups excluding tert-OH is 2. The van der Waals surface area contributed by atoms with Gasteiger partial charge in [-0.1, -0.05) is 31.9 Å². The van der Waals surface area contributed by atoms with Gasteiger partial charge in [0, 0.05) is 6.54 Å². The van der Waals surface area contributed by atoms with E-state index in [0.717, 1.165) is 0 Å². The minimum absolute atomic E-state index is 0.0545. The Morgan fingerprint density at radius 2 is 1.89 bits per heavy atom. The van der Waals surface area contributed by atoms with E-state index in [-0.39, 0.29) is 13.2 Å². The summed E-state index contributed by atoms with van der Waals surface area (Å²) in [6.07, 6.45) is 0. The fourth-order valence-corrected chi connectivity index (χ4v) is 0.691. The lowest BCUT2D eigenvalue weighted by Gasteiger charge is -2.17. The summed E-state index contributed by atoms with van der Waals surface area (Å²) >= 11 is 6.25. The Morgan fingerprint density at radius 3 is 2.22 bits per heavy atom. The maximum Gasteiger partial charge on any atom is 0.153 e. The van der Waals surface area contributed by atoms with E-state index < -0.39 is 3.36 Å². The average molecular weight is 263 g/mol. The predicted octanol–water partition coefficient (Wildman–Crippen LogP) is 0.00420. The molecule has 0 aromatic carbocycles. The fourth-order valence-electron chi connectivity index (χ4n) is 0.295. The van der Waals surface area contributed by atoms with Crippen LogP contribution in [0.2, 0.25) is 0 Å². The lowest BCUT2D eigenvalue weighted by Crippen LogP contribution is -2.38. The summed E-state index contributed by atoms with van der Waals surface area (Å²) in [6.45, 7) is 0.420. The Bertz CT molecular complexity index is 79.0. The molecule has 0 aliphatic carbocycles. The van der Waals surface area contributed by atoms with Gasteiger partial charge in [0.25, 0.3) is 0 Å². The molecule has 0 aliphatic heterocycles. The van der Waals surface area contributed by atoms with Gasteiger partial charge >= 0.3 is 0 Å². The fraction of sp³-hybridized carbons (Fsp3) is 1.00. The standard InChI is InChI=1S/C4H9Br2NO2/c5-4(6,3-9)7-1-2-8/h7-9H,1-3H2. The van der Waals surface area contributed by atoms with E-state index in [4.69, 9.17) is 10.2 Å². The van der Waals surface area contributed by atoms with Crippen LogP contribution in [-0.2, 0) is 0 Å². The first-order valence-corrected chi connectivity index (χ1v) is 4.05. The molecule has 0 aliphatic rings. The molecule has 0 saturated heterocycles. The zero-order chi connectivity index (χ0) is 7.33. The molecule has 0 bridgehead atoms. The summed E-state index contributed by atoms with van der Waals surface area (Å²) < 4.78 is -0.636. The number of alkyl halides is 2. The van der Waals surface area contributed by atoms with E-state index in [1.165, 1.54) is 0 Å². The monoisotopic (exact) mass is 261 g/mol. The molecule has 0 rings (SSSR count). The van der Waals surface area contributed by atoms with E-state index >= 15 is 0 Å².